The summed E-state index contributed by atoms with van der Waals surface area (Å²) >= 11 is 0. The average Bonchev–Trinajstić information content (AvgIpc) is 3.35. The first-order chi connectivity index (χ1) is 16.6. The quantitative estimate of drug-likeness (QED) is 0.657. The van der Waals surface area contributed by atoms with E-state index in [1.165, 1.54) is 30.5 Å². The maximum Gasteiger partial charge on any atom is 0.343 e. The Morgan fingerprint density at radius 3 is 2.46 bits per heavy atom. The molecule has 1 aromatic carbocycles. The summed E-state index contributed by atoms with van der Waals surface area (Å²) in [5.41, 5.74) is 5.45. The average molecular weight is 478 g/mol. The molecule has 1 saturated carbocycles. The number of rotatable bonds is 4. The van der Waals surface area contributed by atoms with E-state index in [2.05, 4.69) is 6.92 Å². The van der Waals surface area contributed by atoms with E-state index in [4.69, 9.17) is 19.6 Å². The van der Waals surface area contributed by atoms with Gasteiger partial charge in [-0.15, -0.1) is 0 Å². The van der Waals surface area contributed by atoms with Gasteiger partial charge < -0.3 is 19.6 Å². The smallest absolute Gasteiger partial charge is 0.343 e. The molecule has 0 radical (unpaired) electrons. The second-order valence-corrected chi connectivity index (χ2v) is 10.3. The van der Waals surface area contributed by atoms with Crippen molar-refractivity contribution in [2.75, 3.05) is 0 Å². The van der Waals surface area contributed by atoms with E-state index in [9.17, 15) is 19.2 Å². The molecule has 8 heteroatoms. The number of allylic oxidation sites excluding steroid dienone is 2. The van der Waals surface area contributed by atoms with Crippen LogP contribution in [0.3, 0.4) is 0 Å². The van der Waals surface area contributed by atoms with Crippen molar-refractivity contribution in [1.82, 2.24) is 0 Å². The van der Waals surface area contributed by atoms with E-state index < -0.39 is 35.2 Å². The van der Waals surface area contributed by atoms with Gasteiger partial charge in [0.2, 0.25) is 11.7 Å². The van der Waals surface area contributed by atoms with E-state index in [1.807, 2.05) is 6.92 Å². The van der Waals surface area contributed by atoms with Gasteiger partial charge >= 0.3 is 11.9 Å². The van der Waals surface area contributed by atoms with Crippen LogP contribution in [0.1, 0.15) is 71.9 Å². The number of Topliss-reactive ketones (excluding diaryl/α,β-unsaturated/α-hetero) is 1. The van der Waals surface area contributed by atoms with Gasteiger partial charge in [-0.3, -0.25) is 14.4 Å². The van der Waals surface area contributed by atoms with Crippen molar-refractivity contribution in [2.45, 2.75) is 45.6 Å². The third kappa shape index (κ3) is 3.77. The van der Waals surface area contributed by atoms with Gasteiger partial charge in [0, 0.05) is 17.0 Å². The number of ketones is 1. The van der Waals surface area contributed by atoms with E-state index in [1.54, 1.807) is 18.4 Å². The summed E-state index contributed by atoms with van der Waals surface area (Å²) in [6, 6.07) is 7.51. The van der Waals surface area contributed by atoms with E-state index >= 15 is 0 Å². The van der Waals surface area contributed by atoms with Crippen LogP contribution in [0.15, 0.2) is 59.1 Å². The molecule has 2 aliphatic carbocycles. The fourth-order valence-corrected chi connectivity index (χ4v) is 6.33. The van der Waals surface area contributed by atoms with Crippen LogP contribution in [0.5, 0.6) is 0 Å². The summed E-state index contributed by atoms with van der Waals surface area (Å²) in [6.45, 7) is 4.06. The molecular weight excluding hydrogens is 450 g/mol. The lowest BCUT2D eigenvalue weighted by molar-refractivity contribution is -0.193. The summed E-state index contributed by atoms with van der Waals surface area (Å²) in [7, 11) is 0. The van der Waals surface area contributed by atoms with Gasteiger partial charge in [0.25, 0.3) is 0 Å². The Morgan fingerprint density at radius 1 is 1.09 bits per heavy atom. The van der Waals surface area contributed by atoms with Crippen molar-refractivity contribution in [3.63, 3.8) is 0 Å². The number of hydrogen-bond acceptors (Lipinski definition) is 7. The highest BCUT2D eigenvalue weighted by Gasteiger charge is 2.63. The molecule has 3 aliphatic rings. The number of primary amides is 1. The zero-order valence-electron chi connectivity index (χ0n) is 19.6. The molecular formula is C27H27NO7. The number of amides is 1. The molecule has 2 heterocycles. The zero-order chi connectivity index (χ0) is 25.0. The van der Waals surface area contributed by atoms with E-state index in [0.717, 1.165) is 5.56 Å². The minimum atomic E-state index is -0.693. The van der Waals surface area contributed by atoms with Crippen LogP contribution in [0.25, 0.3) is 0 Å². The third-order valence-electron chi connectivity index (χ3n) is 8.11. The molecule has 2 fully saturated rings. The van der Waals surface area contributed by atoms with E-state index in [-0.39, 0.29) is 34.1 Å². The molecule has 5 atom stereocenters. The Bertz CT molecular complexity index is 1230. The molecule has 0 unspecified atom stereocenters. The van der Waals surface area contributed by atoms with Crippen LogP contribution in [0, 0.1) is 22.7 Å². The number of benzene rings is 1. The van der Waals surface area contributed by atoms with E-state index in [0.29, 0.717) is 25.7 Å². The van der Waals surface area contributed by atoms with Crippen LogP contribution in [-0.2, 0) is 19.1 Å². The van der Waals surface area contributed by atoms with Gasteiger partial charge in [0.1, 0.15) is 6.10 Å². The molecule has 1 aromatic heterocycles. The highest BCUT2D eigenvalue weighted by Crippen LogP contribution is 2.63. The number of carbonyl (C=O) groups is 4. The summed E-state index contributed by atoms with van der Waals surface area (Å²) in [6.07, 6.45) is 6.65. The third-order valence-corrected chi connectivity index (χ3v) is 8.11. The molecule has 182 valence electrons. The molecule has 5 rings (SSSR count). The molecule has 0 spiro atoms. The summed E-state index contributed by atoms with van der Waals surface area (Å²) in [5, 5.41) is 0. The van der Waals surface area contributed by atoms with Gasteiger partial charge in [-0.25, -0.2) is 4.79 Å². The van der Waals surface area contributed by atoms with Gasteiger partial charge in [-0.05, 0) is 72.9 Å². The first-order valence-electron chi connectivity index (χ1n) is 11.7. The van der Waals surface area contributed by atoms with Crippen LogP contribution < -0.4 is 5.73 Å². The Morgan fingerprint density at radius 2 is 1.80 bits per heavy atom. The van der Waals surface area contributed by atoms with Crippen molar-refractivity contribution >= 4 is 23.6 Å². The minimum Gasteiger partial charge on any atom is -0.472 e. The molecule has 1 saturated heterocycles. The highest BCUT2D eigenvalue weighted by atomic mass is 16.5. The fourth-order valence-electron chi connectivity index (χ4n) is 6.33. The molecule has 1 aliphatic heterocycles. The maximum absolute atomic E-state index is 13.9. The van der Waals surface area contributed by atoms with Crippen molar-refractivity contribution < 1.29 is 33.1 Å². The Kier molecular flexibility index (Phi) is 5.42. The number of hydrogen-bond donors (Lipinski definition) is 1. The van der Waals surface area contributed by atoms with Crippen molar-refractivity contribution in [2.24, 2.45) is 28.4 Å². The van der Waals surface area contributed by atoms with Crippen LogP contribution in [0.2, 0.25) is 0 Å². The molecule has 0 bridgehead atoms. The lowest BCUT2D eigenvalue weighted by atomic mass is 9.46. The first kappa shape index (κ1) is 23.1. The number of carbonyl (C=O) groups excluding carboxylic acids is 4. The molecule has 2 N–H and O–H groups in total. The SMILES string of the molecule is C[C@]12CC=C(OC(=O)c3ccc(C(N)=O)cc3)C(=O)[C@@H]1[C@@]1(C)C[C@@H](c3ccoc3)OC(=O)[C@@H]1CC2. The number of furan rings is 1. The first-order valence-corrected chi connectivity index (χ1v) is 11.7. The fraction of sp³-hybridized carbons (Fsp3) is 0.407. The lowest BCUT2D eigenvalue weighted by Crippen LogP contribution is -2.58. The predicted molar refractivity (Wildman–Crippen MR) is 123 cm³/mol. The number of cyclic esters (lactones) is 1. The Labute approximate surface area is 202 Å². The second kappa shape index (κ2) is 8.22. The normalized spacial score (nSPS) is 32.1. The van der Waals surface area contributed by atoms with Gasteiger partial charge in [-0.2, -0.15) is 0 Å². The predicted octanol–water partition coefficient (Wildman–Crippen LogP) is 4.12. The number of ether oxygens (including phenoxy) is 2. The highest BCUT2D eigenvalue weighted by molar-refractivity contribution is 6.02. The minimum absolute atomic E-state index is 0.00266. The second-order valence-electron chi connectivity index (χ2n) is 10.3. The summed E-state index contributed by atoms with van der Waals surface area (Å²) in [5.74, 6) is -2.80. The largest absolute Gasteiger partial charge is 0.472 e. The molecule has 2 aromatic rings. The maximum atomic E-state index is 13.9. The summed E-state index contributed by atoms with van der Waals surface area (Å²) < 4.78 is 16.5. The van der Waals surface area contributed by atoms with Gasteiger partial charge in [0.15, 0.2) is 5.76 Å². The lowest BCUT2D eigenvalue weighted by Gasteiger charge is -2.58. The zero-order valence-corrected chi connectivity index (χ0v) is 19.6. The van der Waals surface area contributed by atoms with Crippen LogP contribution in [-0.4, -0.2) is 23.6 Å². The van der Waals surface area contributed by atoms with Crippen molar-refractivity contribution in [1.29, 1.82) is 0 Å². The van der Waals surface area contributed by atoms with Crippen molar-refractivity contribution in [3.8, 4) is 0 Å². The molecule has 8 nitrogen and oxygen atoms in total. The number of nitrogens with two attached hydrogens (primary N) is 1. The van der Waals surface area contributed by atoms with Crippen LogP contribution >= 0.6 is 0 Å². The topological polar surface area (TPSA) is 126 Å². The number of esters is 2. The molecule has 1 amide bonds. The molecule has 35 heavy (non-hydrogen) atoms. The number of fused-ring (bicyclic) bond motifs is 3. The summed E-state index contributed by atoms with van der Waals surface area (Å²) in [4.78, 5) is 51.0. The van der Waals surface area contributed by atoms with Gasteiger partial charge in [0.05, 0.1) is 24.0 Å². The monoisotopic (exact) mass is 477 g/mol. The van der Waals surface area contributed by atoms with Crippen LogP contribution in [0.4, 0.5) is 0 Å². The standard InChI is InChI=1S/C27H27NO7/c1-26-10-7-18-25(32)35-20(17-9-12-33-14-17)13-27(18,2)22(26)21(29)19(8-11-26)34-24(31)16-5-3-15(4-6-16)23(28)30/h3-6,8-9,12,14,18,20,22H,7,10-11,13H2,1-2H3,(H2,28,30)/t18-,20-,22-,26-,27-/m0/s1. The van der Waals surface area contributed by atoms with Gasteiger partial charge in [-0.1, -0.05) is 13.8 Å². The Balaban J connectivity index is 1.43. The Hall–Kier alpha value is -3.68. The van der Waals surface area contributed by atoms with Crippen molar-refractivity contribution in [3.05, 3.63) is 71.4 Å².